The maximum Gasteiger partial charge on any atom is 0.144 e. The topological polar surface area (TPSA) is 55.2 Å². The highest BCUT2D eigenvalue weighted by Gasteiger charge is 2.19. The van der Waals surface area contributed by atoms with Gasteiger partial charge in [0.1, 0.15) is 5.82 Å². The fraction of sp³-hybridized carbons (Fsp3) is 0.833. The van der Waals surface area contributed by atoms with E-state index in [-0.39, 0.29) is 6.10 Å². The van der Waals surface area contributed by atoms with Crippen molar-refractivity contribution >= 4 is 5.82 Å². The number of rotatable bonds is 6. The van der Waals surface area contributed by atoms with Crippen LogP contribution in [0.3, 0.4) is 0 Å². The smallest absolute Gasteiger partial charge is 0.144 e. The summed E-state index contributed by atoms with van der Waals surface area (Å²) in [6, 6.07) is 0. The number of ether oxygens (including phenoxy) is 1. The monoisotopic (exact) mass is 253 g/mol. The molecule has 2 rings (SSSR count). The van der Waals surface area contributed by atoms with Gasteiger partial charge in [0, 0.05) is 26.2 Å². The van der Waals surface area contributed by atoms with Gasteiger partial charge in [-0.15, -0.1) is 5.10 Å². The molecule has 1 aromatic rings. The van der Waals surface area contributed by atoms with Gasteiger partial charge in [0.2, 0.25) is 0 Å². The first-order valence-corrected chi connectivity index (χ1v) is 6.79. The van der Waals surface area contributed by atoms with E-state index in [1.54, 1.807) is 6.20 Å². The standard InChI is InChI=1S/C12H23N5O/c1-3-5-17-12(9-14-15-17)13-8-11-10-16(4-2)6-7-18-11/h9,11,13H,3-8,10H2,1-2H3. The molecule has 0 saturated carbocycles. The number of aromatic nitrogens is 3. The SMILES string of the molecule is CCCn1nncc1NCC1CN(CC)CCO1. The summed E-state index contributed by atoms with van der Waals surface area (Å²) in [5.41, 5.74) is 0. The van der Waals surface area contributed by atoms with Crippen LogP contribution in [-0.4, -0.2) is 58.8 Å². The van der Waals surface area contributed by atoms with Crippen LogP contribution >= 0.6 is 0 Å². The molecule has 2 heterocycles. The van der Waals surface area contributed by atoms with Crippen LogP contribution in [0.1, 0.15) is 20.3 Å². The molecule has 1 atom stereocenters. The van der Waals surface area contributed by atoms with E-state index in [0.717, 1.165) is 51.6 Å². The molecule has 1 aliphatic rings. The van der Waals surface area contributed by atoms with Gasteiger partial charge in [-0.1, -0.05) is 19.1 Å². The number of morpholine rings is 1. The van der Waals surface area contributed by atoms with Crippen molar-refractivity contribution in [3.8, 4) is 0 Å². The van der Waals surface area contributed by atoms with Crippen molar-refractivity contribution < 1.29 is 4.74 Å². The molecule has 1 unspecified atom stereocenters. The Morgan fingerprint density at radius 1 is 1.50 bits per heavy atom. The highest BCUT2D eigenvalue weighted by Crippen LogP contribution is 2.08. The molecule has 1 fully saturated rings. The van der Waals surface area contributed by atoms with Crippen molar-refractivity contribution in [2.75, 3.05) is 38.1 Å². The van der Waals surface area contributed by atoms with Crippen molar-refractivity contribution in [3.63, 3.8) is 0 Å². The number of nitrogens with zero attached hydrogens (tertiary/aromatic N) is 4. The third-order valence-electron chi connectivity index (χ3n) is 3.23. The number of likely N-dealkylation sites (N-methyl/N-ethyl adjacent to an activating group) is 1. The first kappa shape index (κ1) is 13.3. The maximum absolute atomic E-state index is 5.75. The summed E-state index contributed by atoms with van der Waals surface area (Å²) in [6.07, 6.45) is 3.08. The summed E-state index contributed by atoms with van der Waals surface area (Å²) < 4.78 is 7.66. The molecule has 0 spiro atoms. The second-order valence-electron chi connectivity index (χ2n) is 4.61. The van der Waals surface area contributed by atoms with Gasteiger partial charge in [-0.05, 0) is 13.0 Å². The summed E-state index contributed by atoms with van der Waals surface area (Å²) in [6.45, 7) is 10.00. The molecule has 1 aromatic heterocycles. The largest absolute Gasteiger partial charge is 0.374 e. The van der Waals surface area contributed by atoms with E-state index < -0.39 is 0 Å². The fourth-order valence-corrected chi connectivity index (χ4v) is 2.18. The molecule has 1 aliphatic heterocycles. The average molecular weight is 253 g/mol. The van der Waals surface area contributed by atoms with Crippen LogP contribution in [0.4, 0.5) is 5.82 Å². The predicted octanol–water partition coefficient (Wildman–Crippen LogP) is 0.821. The van der Waals surface area contributed by atoms with E-state index in [1.807, 2.05) is 4.68 Å². The first-order valence-electron chi connectivity index (χ1n) is 6.79. The minimum atomic E-state index is 0.253. The van der Waals surface area contributed by atoms with Crippen molar-refractivity contribution in [3.05, 3.63) is 6.20 Å². The Morgan fingerprint density at radius 3 is 3.17 bits per heavy atom. The molecule has 0 bridgehead atoms. The summed E-state index contributed by atoms with van der Waals surface area (Å²) >= 11 is 0. The highest BCUT2D eigenvalue weighted by atomic mass is 16.5. The zero-order valence-corrected chi connectivity index (χ0v) is 11.3. The van der Waals surface area contributed by atoms with E-state index >= 15 is 0 Å². The molecule has 0 aromatic carbocycles. The van der Waals surface area contributed by atoms with Crippen LogP contribution in [0, 0.1) is 0 Å². The Labute approximate surface area is 108 Å². The number of hydrogen-bond acceptors (Lipinski definition) is 5. The summed E-state index contributed by atoms with van der Waals surface area (Å²) in [5.74, 6) is 0.981. The van der Waals surface area contributed by atoms with Gasteiger partial charge in [0.15, 0.2) is 0 Å². The van der Waals surface area contributed by atoms with Crippen LogP contribution in [0.2, 0.25) is 0 Å². The van der Waals surface area contributed by atoms with Crippen LogP contribution in [-0.2, 0) is 11.3 Å². The number of hydrogen-bond donors (Lipinski definition) is 1. The Bertz CT molecular complexity index is 354. The Hall–Kier alpha value is -1.14. The van der Waals surface area contributed by atoms with E-state index in [0.29, 0.717) is 0 Å². The van der Waals surface area contributed by atoms with Crippen molar-refractivity contribution in [1.82, 2.24) is 19.9 Å². The quantitative estimate of drug-likeness (QED) is 0.813. The molecular weight excluding hydrogens is 230 g/mol. The van der Waals surface area contributed by atoms with Crippen molar-refractivity contribution in [2.24, 2.45) is 0 Å². The van der Waals surface area contributed by atoms with E-state index in [4.69, 9.17) is 4.74 Å². The second-order valence-corrected chi connectivity index (χ2v) is 4.61. The molecule has 0 aliphatic carbocycles. The van der Waals surface area contributed by atoms with Crippen LogP contribution < -0.4 is 5.32 Å². The Morgan fingerprint density at radius 2 is 2.39 bits per heavy atom. The summed E-state index contributed by atoms with van der Waals surface area (Å²) in [7, 11) is 0. The minimum absolute atomic E-state index is 0.253. The van der Waals surface area contributed by atoms with Gasteiger partial charge >= 0.3 is 0 Å². The summed E-state index contributed by atoms with van der Waals surface area (Å²) in [4.78, 5) is 2.41. The van der Waals surface area contributed by atoms with E-state index in [2.05, 4.69) is 34.4 Å². The Balaban J connectivity index is 1.81. The van der Waals surface area contributed by atoms with Crippen LogP contribution in [0.25, 0.3) is 0 Å². The van der Waals surface area contributed by atoms with Gasteiger partial charge in [0.25, 0.3) is 0 Å². The minimum Gasteiger partial charge on any atom is -0.374 e. The van der Waals surface area contributed by atoms with Crippen LogP contribution in [0.5, 0.6) is 0 Å². The lowest BCUT2D eigenvalue weighted by molar-refractivity contribution is -0.0192. The summed E-state index contributed by atoms with van der Waals surface area (Å²) in [5, 5.41) is 11.4. The van der Waals surface area contributed by atoms with Gasteiger partial charge in [-0.3, -0.25) is 4.90 Å². The molecule has 102 valence electrons. The number of nitrogens with one attached hydrogen (secondary N) is 1. The van der Waals surface area contributed by atoms with Gasteiger partial charge in [0.05, 0.1) is 18.9 Å². The molecule has 6 heteroatoms. The molecule has 0 amide bonds. The number of anilines is 1. The third kappa shape index (κ3) is 3.43. The average Bonchev–Trinajstić information content (AvgIpc) is 2.85. The van der Waals surface area contributed by atoms with Gasteiger partial charge in [-0.25, -0.2) is 4.68 Å². The lowest BCUT2D eigenvalue weighted by Crippen LogP contribution is -2.45. The van der Waals surface area contributed by atoms with Gasteiger partial charge < -0.3 is 10.1 Å². The lowest BCUT2D eigenvalue weighted by atomic mass is 10.2. The van der Waals surface area contributed by atoms with Crippen molar-refractivity contribution in [2.45, 2.75) is 32.9 Å². The molecule has 1 saturated heterocycles. The number of aryl methyl sites for hydroxylation is 1. The van der Waals surface area contributed by atoms with Crippen LogP contribution in [0.15, 0.2) is 6.20 Å². The second kappa shape index (κ2) is 6.70. The Kier molecular flexibility index (Phi) is 4.95. The van der Waals surface area contributed by atoms with Crippen molar-refractivity contribution in [1.29, 1.82) is 0 Å². The first-order chi connectivity index (χ1) is 8.83. The zero-order valence-electron chi connectivity index (χ0n) is 11.3. The normalized spacial score (nSPS) is 21.1. The van der Waals surface area contributed by atoms with E-state index in [9.17, 15) is 0 Å². The lowest BCUT2D eigenvalue weighted by Gasteiger charge is -2.32. The molecule has 6 nitrogen and oxygen atoms in total. The molecule has 0 radical (unpaired) electrons. The fourth-order valence-electron chi connectivity index (χ4n) is 2.18. The zero-order chi connectivity index (χ0) is 12.8. The molecule has 18 heavy (non-hydrogen) atoms. The third-order valence-corrected chi connectivity index (χ3v) is 3.23. The predicted molar refractivity (Wildman–Crippen MR) is 70.7 cm³/mol. The van der Waals surface area contributed by atoms with E-state index in [1.165, 1.54) is 0 Å². The highest BCUT2D eigenvalue weighted by molar-refractivity contribution is 5.31. The van der Waals surface area contributed by atoms with Gasteiger partial charge in [-0.2, -0.15) is 0 Å². The molecular formula is C12H23N5O. The maximum atomic E-state index is 5.75. The molecule has 1 N–H and O–H groups in total.